The van der Waals surface area contributed by atoms with Crippen LogP contribution in [0, 0.1) is 23.3 Å². The van der Waals surface area contributed by atoms with Crippen molar-refractivity contribution < 1.29 is 36.7 Å². The zero-order chi connectivity index (χ0) is 31.8. The van der Waals surface area contributed by atoms with Crippen LogP contribution >= 0.6 is 0 Å². The minimum atomic E-state index is -1.20. The van der Waals surface area contributed by atoms with Crippen LogP contribution in [-0.4, -0.2) is 23.6 Å². The Hall–Kier alpha value is -6.16. The molecule has 46 heavy (non-hydrogen) atoms. The van der Waals surface area contributed by atoms with Crippen molar-refractivity contribution in [1.29, 1.82) is 0 Å². The lowest BCUT2D eigenvalue weighted by Gasteiger charge is -2.30. The Morgan fingerprint density at radius 2 is 0.652 bits per heavy atom. The van der Waals surface area contributed by atoms with Crippen LogP contribution in [0.25, 0.3) is 43.1 Å². The minimum absolute atomic E-state index is 0.107. The summed E-state index contributed by atoms with van der Waals surface area (Å²) in [7, 11) is 0. The van der Waals surface area contributed by atoms with Gasteiger partial charge >= 0.3 is 0 Å². The number of rotatable bonds is 2. The molecule has 0 bridgehead atoms. The van der Waals surface area contributed by atoms with E-state index in [1.54, 1.807) is 48.5 Å². The summed E-state index contributed by atoms with van der Waals surface area (Å²) >= 11 is 0. The standard InChI is InChI=1S/C36H14F4N2O4/c37-25-11-1-15(13-27(25)39)41-33(43)21-7-3-17-19-5-9-23-32-24(36(46)42(35(23)45)16-2-12-26(38)28(40)14-16)10-6-20(30(19)32)18-4-8-22(34(41)44)31(21)29(17)18/h1-14H. The van der Waals surface area contributed by atoms with E-state index in [4.69, 9.17) is 0 Å². The number of fused-ring (bicyclic) bond motifs is 2. The zero-order valence-corrected chi connectivity index (χ0v) is 23.1. The molecule has 0 spiro atoms. The van der Waals surface area contributed by atoms with E-state index in [1.807, 2.05) is 0 Å². The Balaban J connectivity index is 1.29. The fourth-order valence-corrected chi connectivity index (χ4v) is 6.99. The Labute approximate surface area is 255 Å². The third-order valence-electron chi connectivity index (χ3n) is 8.96. The number of benzene rings is 7. The van der Waals surface area contributed by atoms with Gasteiger partial charge in [0.2, 0.25) is 0 Å². The van der Waals surface area contributed by atoms with Gasteiger partial charge in [0.1, 0.15) is 0 Å². The van der Waals surface area contributed by atoms with E-state index in [0.29, 0.717) is 43.1 Å². The lowest BCUT2D eigenvalue weighted by atomic mass is 9.82. The molecule has 0 aromatic heterocycles. The maximum atomic E-state index is 14.1. The molecule has 0 saturated carbocycles. The molecule has 0 fully saturated rings. The number of nitrogens with zero attached hydrogens (tertiary/aromatic N) is 2. The summed E-state index contributed by atoms with van der Waals surface area (Å²) in [5, 5.41) is 4.70. The van der Waals surface area contributed by atoms with Gasteiger partial charge in [-0.1, -0.05) is 24.3 Å². The number of carbonyl (C=O) groups excluding carboxylic acids is 4. The summed E-state index contributed by atoms with van der Waals surface area (Å²) in [4.78, 5) is 56.6. The van der Waals surface area contributed by atoms with Gasteiger partial charge in [-0.15, -0.1) is 0 Å². The predicted octanol–water partition coefficient (Wildman–Crippen LogP) is 7.89. The number of halogens is 4. The van der Waals surface area contributed by atoms with Crippen molar-refractivity contribution in [2.24, 2.45) is 0 Å². The summed E-state index contributed by atoms with van der Waals surface area (Å²) in [6, 6.07) is 18.7. The average Bonchev–Trinajstić information content (AvgIpc) is 3.05. The largest absolute Gasteiger partial charge is 0.268 e. The Morgan fingerprint density at radius 3 is 0.935 bits per heavy atom. The highest BCUT2D eigenvalue weighted by Gasteiger charge is 2.38. The van der Waals surface area contributed by atoms with Crippen molar-refractivity contribution >= 4 is 78.1 Å². The second-order valence-electron chi connectivity index (χ2n) is 11.2. The quantitative estimate of drug-likeness (QED) is 0.0859. The van der Waals surface area contributed by atoms with Crippen LogP contribution in [0.4, 0.5) is 28.9 Å². The van der Waals surface area contributed by atoms with Crippen LogP contribution in [0.1, 0.15) is 41.4 Å². The molecule has 2 aliphatic rings. The van der Waals surface area contributed by atoms with Gasteiger partial charge < -0.3 is 0 Å². The van der Waals surface area contributed by atoms with E-state index in [0.717, 1.165) is 46.2 Å². The molecule has 0 unspecified atom stereocenters. The second-order valence-corrected chi connectivity index (χ2v) is 11.2. The van der Waals surface area contributed by atoms with Crippen LogP contribution in [0.15, 0.2) is 84.9 Å². The SMILES string of the molecule is O=C1c2ccc3c4ccc5c6c(ccc(c7ccc(c2c37)C(=O)N1c1ccc(F)c(F)c1)c64)C(=O)N(c1ccc(F)c(F)c1)C5=O. The fraction of sp³-hybridized carbons (Fsp3) is 0. The highest BCUT2D eigenvalue weighted by atomic mass is 19.2. The Kier molecular flexibility index (Phi) is 4.98. The van der Waals surface area contributed by atoms with Crippen molar-refractivity contribution in [3.05, 3.63) is 130 Å². The highest BCUT2D eigenvalue weighted by Crippen LogP contribution is 2.47. The molecule has 0 atom stereocenters. The first-order chi connectivity index (χ1) is 22.2. The predicted molar refractivity (Wildman–Crippen MR) is 163 cm³/mol. The molecule has 0 radical (unpaired) electrons. The first-order valence-electron chi connectivity index (χ1n) is 14.0. The van der Waals surface area contributed by atoms with Gasteiger partial charge in [-0.3, -0.25) is 19.2 Å². The monoisotopic (exact) mass is 614 g/mol. The van der Waals surface area contributed by atoms with Crippen molar-refractivity contribution in [3.8, 4) is 0 Å². The molecule has 0 aliphatic carbocycles. The van der Waals surface area contributed by atoms with Gasteiger partial charge in [-0.25, -0.2) is 27.4 Å². The van der Waals surface area contributed by atoms with Crippen LogP contribution in [-0.2, 0) is 0 Å². The lowest BCUT2D eigenvalue weighted by molar-refractivity contribution is 0.0877. The van der Waals surface area contributed by atoms with Crippen LogP contribution < -0.4 is 9.80 Å². The average molecular weight is 615 g/mol. The molecular weight excluding hydrogens is 600 g/mol. The van der Waals surface area contributed by atoms with Crippen molar-refractivity contribution in [2.75, 3.05) is 9.80 Å². The number of hydrogen-bond acceptors (Lipinski definition) is 4. The molecule has 7 aromatic carbocycles. The van der Waals surface area contributed by atoms with Gasteiger partial charge in [0, 0.05) is 45.2 Å². The van der Waals surface area contributed by atoms with Gasteiger partial charge in [-0.05, 0) is 80.8 Å². The topological polar surface area (TPSA) is 74.8 Å². The van der Waals surface area contributed by atoms with Crippen LogP contribution in [0.3, 0.4) is 0 Å². The van der Waals surface area contributed by atoms with Crippen LogP contribution in [0.2, 0.25) is 0 Å². The number of hydrogen-bond donors (Lipinski definition) is 0. The van der Waals surface area contributed by atoms with E-state index in [-0.39, 0.29) is 33.6 Å². The number of imide groups is 2. The summed E-state index contributed by atoms with van der Waals surface area (Å²) in [5.41, 5.74) is 0.569. The maximum absolute atomic E-state index is 14.1. The number of amides is 4. The van der Waals surface area contributed by atoms with E-state index < -0.39 is 46.9 Å². The molecular formula is C36H14F4N2O4. The molecule has 7 aromatic rings. The summed E-state index contributed by atoms with van der Waals surface area (Å²) in [6.45, 7) is 0. The van der Waals surface area contributed by atoms with Gasteiger partial charge in [0.25, 0.3) is 23.6 Å². The van der Waals surface area contributed by atoms with E-state index in [9.17, 15) is 36.7 Å². The van der Waals surface area contributed by atoms with E-state index in [1.165, 1.54) is 0 Å². The fourth-order valence-electron chi connectivity index (χ4n) is 6.99. The Bertz CT molecular complexity index is 2330. The third kappa shape index (κ3) is 3.14. The second kappa shape index (κ2) is 8.72. The van der Waals surface area contributed by atoms with Crippen LogP contribution in [0.5, 0.6) is 0 Å². The molecule has 2 aliphatic heterocycles. The molecule has 2 heterocycles. The van der Waals surface area contributed by atoms with E-state index >= 15 is 0 Å². The Morgan fingerprint density at radius 1 is 0.348 bits per heavy atom. The first kappa shape index (κ1) is 26.3. The van der Waals surface area contributed by atoms with Crippen molar-refractivity contribution in [2.45, 2.75) is 0 Å². The molecule has 220 valence electrons. The number of anilines is 2. The minimum Gasteiger partial charge on any atom is -0.268 e. The number of carbonyl (C=O) groups is 4. The summed E-state index contributed by atoms with van der Waals surface area (Å²) in [5.74, 6) is -7.41. The highest BCUT2D eigenvalue weighted by molar-refractivity contribution is 6.45. The van der Waals surface area contributed by atoms with Crippen molar-refractivity contribution in [1.82, 2.24) is 0 Å². The van der Waals surface area contributed by atoms with Gasteiger partial charge in [-0.2, -0.15) is 0 Å². The molecule has 6 nitrogen and oxygen atoms in total. The third-order valence-corrected chi connectivity index (χ3v) is 8.96. The zero-order valence-electron chi connectivity index (χ0n) is 23.1. The smallest absolute Gasteiger partial charge is 0.265 e. The summed E-state index contributed by atoms with van der Waals surface area (Å²) in [6.07, 6.45) is 0. The molecule has 4 amide bonds. The van der Waals surface area contributed by atoms with Gasteiger partial charge in [0.05, 0.1) is 11.4 Å². The van der Waals surface area contributed by atoms with E-state index in [2.05, 4.69) is 0 Å². The first-order valence-corrected chi connectivity index (χ1v) is 14.0. The normalized spacial score (nSPS) is 14.6. The van der Waals surface area contributed by atoms with Gasteiger partial charge in [0.15, 0.2) is 23.3 Å². The summed E-state index contributed by atoms with van der Waals surface area (Å²) < 4.78 is 55.5. The molecule has 0 saturated heterocycles. The molecule has 0 N–H and O–H groups in total. The molecule has 10 heteroatoms. The maximum Gasteiger partial charge on any atom is 0.265 e. The lowest BCUT2D eigenvalue weighted by Crippen LogP contribution is -2.40. The molecule has 9 rings (SSSR count). The van der Waals surface area contributed by atoms with Crippen molar-refractivity contribution in [3.63, 3.8) is 0 Å².